The van der Waals surface area contributed by atoms with E-state index in [1.54, 1.807) is 29.3 Å². The summed E-state index contributed by atoms with van der Waals surface area (Å²) >= 11 is 6.67. The molecular weight excluding hydrogens is 368 g/mol. The second-order valence-corrected chi connectivity index (χ2v) is 7.07. The summed E-state index contributed by atoms with van der Waals surface area (Å²) in [7, 11) is 0. The lowest BCUT2D eigenvalue weighted by atomic mass is 10.3. The molecule has 0 aliphatic carbocycles. The van der Waals surface area contributed by atoms with Crippen molar-refractivity contribution in [2.24, 2.45) is 0 Å². The minimum Gasteiger partial charge on any atom is -0.370 e. The number of thiophene rings is 1. The number of rotatable bonds is 5. The van der Waals surface area contributed by atoms with Gasteiger partial charge in [-0.2, -0.15) is 0 Å². The summed E-state index contributed by atoms with van der Waals surface area (Å²) in [5, 5.41) is 7.42. The molecule has 108 valence electrons. The monoisotopic (exact) mass is 380 g/mol. The Kier molecular flexibility index (Phi) is 4.72. The lowest BCUT2D eigenvalue weighted by molar-refractivity contribution is 1.05. The number of nitrogens with zero attached hydrogens (tertiary/aromatic N) is 3. The zero-order chi connectivity index (χ0) is 14.7. The Labute approximate surface area is 139 Å². The lowest BCUT2D eigenvalue weighted by Crippen LogP contribution is -2.03. The first-order valence-electron chi connectivity index (χ1n) is 6.48. The number of thioether (sulfide) groups is 1. The van der Waals surface area contributed by atoms with E-state index in [1.165, 1.54) is 0 Å². The fourth-order valence-electron chi connectivity index (χ4n) is 1.85. The highest BCUT2D eigenvalue weighted by Gasteiger charge is 2.09. The van der Waals surface area contributed by atoms with Gasteiger partial charge in [0.05, 0.1) is 16.2 Å². The van der Waals surface area contributed by atoms with Crippen LogP contribution in [0.4, 0.5) is 5.82 Å². The predicted octanol–water partition coefficient (Wildman–Crippen LogP) is 4.57. The van der Waals surface area contributed by atoms with Crippen molar-refractivity contribution in [2.75, 3.05) is 11.9 Å². The number of hydrogen-bond acceptors (Lipinski definition) is 6. The van der Waals surface area contributed by atoms with E-state index in [2.05, 4.69) is 49.2 Å². The van der Waals surface area contributed by atoms with Crippen LogP contribution in [0.3, 0.4) is 0 Å². The molecule has 0 bridgehead atoms. The third-order valence-electron chi connectivity index (χ3n) is 2.76. The summed E-state index contributed by atoms with van der Waals surface area (Å²) < 4.78 is 0.984. The lowest BCUT2D eigenvalue weighted by Gasteiger charge is -2.06. The SMILES string of the molecule is CCNc1nc(CSc2ccc(Br)cn2)nc2sccc12. The van der Waals surface area contributed by atoms with Crippen LogP contribution in [0.25, 0.3) is 10.2 Å². The van der Waals surface area contributed by atoms with Gasteiger partial charge in [-0.25, -0.2) is 15.0 Å². The third kappa shape index (κ3) is 3.53. The summed E-state index contributed by atoms with van der Waals surface area (Å²) in [4.78, 5) is 14.6. The van der Waals surface area contributed by atoms with Crippen LogP contribution in [0, 0.1) is 0 Å². The number of hydrogen-bond donors (Lipinski definition) is 1. The Hall–Kier alpha value is -1.18. The third-order valence-corrected chi connectivity index (χ3v) is 4.98. The number of halogens is 1. The molecule has 1 N–H and O–H groups in total. The Morgan fingerprint density at radius 2 is 2.19 bits per heavy atom. The predicted molar refractivity (Wildman–Crippen MR) is 93.1 cm³/mol. The molecule has 0 aromatic carbocycles. The van der Waals surface area contributed by atoms with Gasteiger partial charge in [0, 0.05) is 17.2 Å². The molecule has 0 saturated heterocycles. The van der Waals surface area contributed by atoms with E-state index in [4.69, 9.17) is 0 Å². The van der Waals surface area contributed by atoms with Crippen LogP contribution in [0.2, 0.25) is 0 Å². The number of pyridine rings is 1. The maximum atomic E-state index is 4.62. The standard InChI is InChI=1S/C14H13BrN4S2/c1-2-16-13-10-5-6-20-14(10)19-11(18-13)8-21-12-4-3-9(15)7-17-12/h3-7H,2,8H2,1H3,(H,16,18,19). The van der Waals surface area contributed by atoms with E-state index in [9.17, 15) is 0 Å². The van der Waals surface area contributed by atoms with Crippen molar-refractivity contribution in [3.8, 4) is 0 Å². The summed E-state index contributed by atoms with van der Waals surface area (Å²) in [6.07, 6.45) is 1.80. The summed E-state index contributed by atoms with van der Waals surface area (Å²) in [5.41, 5.74) is 0. The van der Waals surface area contributed by atoms with Gasteiger partial charge in [-0.15, -0.1) is 11.3 Å². The largest absolute Gasteiger partial charge is 0.370 e. The second-order valence-electron chi connectivity index (χ2n) is 4.26. The topological polar surface area (TPSA) is 50.7 Å². The molecule has 0 spiro atoms. The van der Waals surface area contributed by atoms with Crippen LogP contribution in [-0.4, -0.2) is 21.5 Å². The Bertz CT molecular complexity index is 742. The van der Waals surface area contributed by atoms with Crippen LogP contribution >= 0.6 is 39.0 Å². The maximum absolute atomic E-state index is 4.62. The van der Waals surface area contributed by atoms with E-state index in [0.717, 1.165) is 37.9 Å². The van der Waals surface area contributed by atoms with Crippen LogP contribution in [0.1, 0.15) is 12.7 Å². The molecule has 4 nitrogen and oxygen atoms in total. The van der Waals surface area contributed by atoms with Crippen molar-refractivity contribution in [3.05, 3.63) is 40.1 Å². The van der Waals surface area contributed by atoms with Crippen molar-refractivity contribution >= 4 is 55.1 Å². The van der Waals surface area contributed by atoms with Gasteiger partial charge < -0.3 is 5.32 Å². The minimum absolute atomic E-state index is 0.709. The molecule has 0 unspecified atom stereocenters. The number of fused-ring (bicyclic) bond motifs is 1. The first kappa shape index (κ1) is 14.7. The number of nitrogens with one attached hydrogen (secondary N) is 1. The van der Waals surface area contributed by atoms with Crippen LogP contribution < -0.4 is 5.32 Å². The van der Waals surface area contributed by atoms with Gasteiger partial charge in [0.1, 0.15) is 16.5 Å². The van der Waals surface area contributed by atoms with E-state index in [1.807, 2.05) is 17.5 Å². The molecule has 0 atom stereocenters. The fraction of sp³-hybridized carbons (Fsp3) is 0.214. The zero-order valence-electron chi connectivity index (χ0n) is 11.3. The molecule has 0 amide bonds. The van der Waals surface area contributed by atoms with Gasteiger partial charge in [0.15, 0.2) is 0 Å². The average Bonchev–Trinajstić information content (AvgIpc) is 2.96. The first-order valence-corrected chi connectivity index (χ1v) is 9.14. The van der Waals surface area contributed by atoms with Gasteiger partial charge in [0.25, 0.3) is 0 Å². The van der Waals surface area contributed by atoms with E-state index in [-0.39, 0.29) is 0 Å². The molecule has 0 aliphatic heterocycles. The summed E-state index contributed by atoms with van der Waals surface area (Å²) in [6, 6.07) is 6.04. The fourth-order valence-corrected chi connectivity index (χ4v) is 3.57. The zero-order valence-corrected chi connectivity index (χ0v) is 14.6. The molecular formula is C14H13BrN4S2. The second kappa shape index (κ2) is 6.72. The Balaban J connectivity index is 1.81. The molecule has 21 heavy (non-hydrogen) atoms. The molecule has 0 radical (unpaired) electrons. The normalized spacial score (nSPS) is 11.0. The maximum Gasteiger partial charge on any atom is 0.142 e. The van der Waals surface area contributed by atoms with Crippen LogP contribution in [0.15, 0.2) is 39.3 Å². The van der Waals surface area contributed by atoms with E-state index < -0.39 is 0 Å². The number of anilines is 1. The van der Waals surface area contributed by atoms with Crippen molar-refractivity contribution in [1.82, 2.24) is 15.0 Å². The molecule has 0 aliphatic rings. The van der Waals surface area contributed by atoms with Gasteiger partial charge in [0.2, 0.25) is 0 Å². The minimum atomic E-state index is 0.709. The van der Waals surface area contributed by atoms with Crippen molar-refractivity contribution in [2.45, 2.75) is 17.7 Å². The smallest absolute Gasteiger partial charge is 0.142 e. The molecule has 3 aromatic heterocycles. The first-order chi connectivity index (χ1) is 10.3. The highest BCUT2D eigenvalue weighted by Crippen LogP contribution is 2.27. The quantitative estimate of drug-likeness (QED) is 0.656. The van der Waals surface area contributed by atoms with Crippen molar-refractivity contribution < 1.29 is 0 Å². The van der Waals surface area contributed by atoms with Gasteiger partial charge in [-0.05, 0) is 46.4 Å². The highest BCUT2D eigenvalue weighted by atomic mass is 79.9. The van der Waals surface area contributed by atoms with Crippen LogP contribution in [0.5, 0.6) is 0 Å². The summed E-state index contributed by atoms with van der Waals surface area (Å²) in [6.45, 7) is 2.92. The van der Waals surface area contributed by atoms with E-state index >= 15 is 0 Å². The molecule has 0 saturated carbocycles. The molecule has 3 aromatic rings. The Morgan fingerprint density at radius 3 is 2.95 bits per heavy atom. The Morgan fingerprint density at radius 1 is 1.29 bits per heavy atom. The summed E-state index contributed by atoms with van der Waals surface area (Å²) in [5.74, 6) is 2.46. The molecule has 7 heteroatoms. The average molecular weight is 381 g/mol. The van der Waals surface area contributed by atoms with Crippen LogP contribution in [-0.2, 0) is 5.75 Å². The molecule has 3 heterocycles. The van der Waals surface area contributed by atoms with Gasteiger partial charge in [-0.1, -0.05) is 11.8 Å². The number of aromatic nitrogens is 3. The van der Waals surface area contributed by atoms with E-state index in [0.29, 0.717) is 5.75 Å². The highest BCUT2D eigenvalue weighted by molar-refractivity contribution is 9.10. The molecule has 0 fully saturated rings. The molecule has 3 rings (SSSR count). The van der Waals surface area contributed by atoms with Gasteiger partial charge in [-0.3, -0.25) is 0 Å². The van der Waals surface area contributed by atoms with Gasteiger partial charge >= 0.3 is 0 Å². The van der Waals surface area contributed by atoms with Crippen molar-refractivity contribution in [1.29, 1.82) is 0 Å². The van der Waals surface area contributed by atoms with Crippen molar-refractivity contribution in [3.63, 3.8) is 0 Å².